The highest BCUT2D eigenvalue weighted by atomic mass is 35.5. The molecule has 0 aliphatic heterocycles. The molecule has 3 nitrogen and oxygen atoms in total. The zero-order chi connectivity index (χ0) is 12.4. The third-order valence-electron chi connectivity index (χ3n) is 2.32. The summed E-state index contributed by atoms with van der Waals surface area (Å²) >= 11 is 7.42. The van der Waals surface area contributed by atoms with Gasteiger partial charge in [-0.3, -0.25) is 0 Å². The molecular formula is C12H9ClO3S. The largest absolute Gasteiger partial charge is 0.497 e. The van der Waals surface area contributed by atoms with Crippen LogP contribution < -0.4 is 4.74 Å². The molecule has 2 aromatic rings. The second-order valence-electron chi connectivity index (χ2n) is 3.31. The molecule has 1 heterocycles. The number of halogens is 1. The monoisotopic (exact) mass is 268 g/mol. The normalized spacial score (nSPS) is 10.2. The van der Waals surface area contributed by atoms with Gasteiger partial charge in [-0.05, 0) is 29.6 Å². The van der Waals surface area contributed by atoms with Gasteiger partial charge in [0, 0.05) is 5.56 Å². The van der Waals surface area contributed by atoms with Crippen molar-refractivity contribution in [3.05, 3.63) is 40.2 Å². The van der Waals surface area contributed by atoms with E-state index in [-0.39, 0.29) is 5.56 Å². The van der Waals surface area contributed by atoms with Gasteiger partial charge in [0.25, 0.3) is 0 Å². The summed E-state index contributed by atoms with van der Waals surface area (Å²) in [5.74, 6) is -0.484. The molecule has 0 amide bonds. The molecule has 1 N–H and O–H groups in total. The molecule has 17 heavy (non-hydrogen) atoms. The minimum absolute atomic E-state index is 0.189. The summed E-state index contributed by atoms with van der Waals surface area (Å²) in [6.07, 6.45) is 0. The standard InChI is InChI=1S/C12H9ClO3S/c1-16-7-2-3-8(9(6-7)12(14)15)11-10(13)4-5-17-11/h2-6H,1H3,(H,14,15). The van der Waals surface area contributed by atoms with Crippen molar-refractivity contribution >= 4 is 28.9 Å². The molecule has 0 saturated carbocycles. The van der Waals surface area contributed by atoms with Gasteiger partial charge < -0.3 is 9.84 Å². The number of hydrogen-bond donors (Lipinski definition) is 1. The highest BCUT2D eigenvalue weighted by Gasteiger charge is 2.16. The molecule has 0 atom stereocenters. The molecule has 1 aromatic heterocycles. The lowest BCUT2D eigenvalue weighted by Crippen LogP contribution is -1.99. The number of carbonyl (C=O) groups is 1. The van der Waals surface area contributed by atoms with Crippen molar-refractivity contribution in [3.8, 4) is 16.2 Å². The topological polar surface area (TPSA) is 46.5 Å². The van der Waals surface area contributed by atoms with E-state index >= 15 is 0 Å². The molecule has 0 radical (unpaired) electrons. The number of aromatic carboxylic acids is 1. The van der Waals surface area contributed by atoms with E-state index in [4.69, 9.17) is 16.3 Å². The van der Waals surface area contributed by atoms with Gasteiger partial charge in [-0.1, -0.05) is 11.6 Å². The Hall–Kier alpha value is -1.52. The Bertz CT molecular complexity index is 563. The van der Waals surface area contributed by atoms with Crippen LogP contribution in [-0.2, 0) is 0 Å². The van der Waals surface area contributed by atoms with Crippen molar-refractivity contribution in [2.45, 2.75) is 0 Å². The Morgan fingerprint density at radius 3 is 2.71 bits per heavy atom. The summed E-state index contributed by atoms with van der Waals surface area (Å²) < 4.78 is 5.01. The predicted molar refractivity (Wildman–Crippen MR) is 68.3 cm³/mol. The smallest absolute Gasteiger partial charge is 0.336 e. The van der Waals surface area contributed by atoms with Gasteiger partial charge in [-0.15, -0.1) is 11.3 Å². The number of ether oxygens (including phenoxy) is 1. The highest BCUT2D eigenvalue weighted by Crippen LogP contribution is 2.36. The van der Waals surface area contributed by atoms with Crippen LogP contribution in [0.5, 0.6) is 5.75 Å². The summed E-state index contributed by atoms with van der Waals surface area (Å²) in [5.41, 5.74) is 0.798. The molecule has 0 spiro atoms. The number of methoxy groups -OCH3 is 1. The lowest BCUT2D eigenvalue weighted by atomic mass is 10.1. The Labute approximate surface area is 107 Å². The number of benzene rings is 1. The molecule has 0 unspecified atom stereocenters. The maximum absolute atomic E-state index is 11.2. The Balaban J connectivity index is 2.62. The minimum atomic E-state index is -0.997. The molecule has 1 aromatic carbocycles. The molecule has 88 valence electrons. The van der Waals surface area contributed by atoms with Crippen molar-refractivity contribution < 1.29 is 14.6 Å². The highest BCUT2D eigenvalue weighted by molar-refractivity contribution is 7.14. The number of carboxylic acids is 1. The first kappa shape index (κ1) is 12.0. The van der Waals surface area contributed by atoms with Gasteiger partial charge in [0.05, 0.1) is 22.6 Å². The van der Waals surface area contributed by atoms with Crippen LogP contribution in [0, 0.1) is 0 Å². The summed E-state index contributed by atoms with van der Waals surface area (Å²) in [4.78, 5) is 12.0. The van der Waals surface area contributed by atoms with Crippen LogP contribution in [0.15, 0.2) is 29.6 Å². The second-order valence-corrected chi connectivity index (χ2v) is 4.64. The number of thiophene rings is 1. The first-order valence-electron chi connectivity index (χ1n) is 4.78. The van der Waals surface area contributed by atoms with Crippen molar-refractivity contribution in [3.63, 3.8) is 0 Å². The Morgan fingerprint density at radius 1 is 1.41 bits per heavy atom. The fourth-order valence-electron chi connectivity index (χ4n) is 1.51. The van der Waals surface area contributed by atoms with Gasteiger partial charge in [0.2, 0.25) is 0 Å². The third kappa shape index (κ3) is 2.28. The Kier molecular flexibility index (Phi) is 3.36. The van der Waals surface area contributed by atoms with Crippen molar-refractivity contribution in [2.24, 2.45) is 0 Å². The average Bonchev–Trinajstić information content (AvgIpc) is 2.74. The third-order valence-corrected chi connectivity index (χ3v) is 3.69. The number of carboxylic acid groups (broad SMARTS) is 1. The molecule has 0 aliphatic rings. The van der Waals surface area contributed by atoms with Gasteiger partial charge in [0.1, 0.15) is 5.75 Å². The predicted octanol–water partition coefficient (Wildman–Crippen LogP) is 3.78. The van der Waals surface area contributed by atoms with Gasteiger partial charge >= 0.3 is 5.97 Å². The van der Waals surface area contributed by atoms with Crippen LogP contribution in [0.2, 0.25) is 5.02 Å². The van der Waals surface area contributed by atoms with E-state index in [0.717, 1.165) is 4.88 Å². The summed E-state index contributed by atoms with van der Waals surface area (Å²) in [6, 6.07) is 6.67. The van der Waals surface area contributed by atoms with Crippen LogP contribution in [-0.4, -0.2) is 18.2 Å². The zero-order valence-electron chi connectivity index (χ0n) is 8.94. The maximum atomic E-state index is 11.2. The van der Waals surface area contributed by atoms with Crippen LogP contribution in [0.1, 0.15) is 10.4 Å². The molecule has 0 bridgehead atoms. The quantitative estimate of drug-likeness (QED) is 0.922. The van der Waals surface area contributed by atoms with Crippen LogP contribution >= 0.6 is 22.9 Å². The summed E-state index contributed by atoms with van der Waals surface area (Å²) in [7, 11) is 1.50. The number of hydrogen-bond acceptors (Lipinski definition) is 3. The van der Waals surface area contributed by atoms with E-state index in [1.807, 2.05) is 5.38 Å². The van der Waals surface area contributed by atoms with E-state index in [1.165, 1.54) is 24.5 Å². The first-order valence-corrected chi connectivity index (χ1v) is 6.04. The molecule has 5 heteroatoms. The SMILES string of the molecule is COc1ccc(-c2sccc2Cl)c(C(=O)O)c1. The molecule has 0 saturated heterocycles. The van der Waals surface area contributed by atoms with E-state index in [2.05, 4.69) is 0 Å². The zero-order valence-corrected chi connectivity index (χ0v) is 10.5. The van der Waals surface area contributed by atoms with E-state index in [0.29, 0.717) is 16.3 Å². The lowest BCUT2D eigenvalue weighted by Gasteiger charge is -2.07. The second kappa shape index (κ2) is 4.77. The van der Waals surface area contributed by atoms with E-state index < -0.39 is 5.97 Å². The molecular weight excluding hydrogens is 260 g/mol. The maximum Gasteiger partial charge on any atom is 0.336 e. The minimum Gasteiger partial charge on any atom is -0.497 e. The van der Waals surface area contributed by atoms with Crippen molar-refractivity contribution in [2.75, 3.05) is 7.11 Å². The Morgan fingerprint density at radius 2 is 2.18 bits per heavy atom. The van der Waals surface area contributed by atoms with Gasteiger partial charge in [-0.25, -0.2) is 4.79 Å². The van der Waals surface area contributed by atoms with Crippen molar-refractivity contribution in [1.29, 1.82) is 0 Å². The van der Waals surface area contributed by atoms with E-state index in [1.54, 1.807) is 18.2 Å². The van der Waals surface area contributed by atoms with Crippen LogP contribution in [0.3, 0.4) is 0 Å². The van der Waals surface area contributed by atoms with Gasteiger partial charge in [0.15, 0.2) is 0 Å². The first-order chi connectivity index (χ1) is 8.13. The van der Waals surface area contributed by atoms with Crippen molar-refractivity contribution in [1.82, 2.24) is 0 Å². The average molecular weight is 269 g/mol. The molecule has 0 fully saturated rings. The number of rotatable bonds is 3. The summed E-state index contributed by atoms with van der Waals surface area (Å²) in [5, 5.41) is 11.6. The van der Waals surface area contributed by atoms with E-state index in [9.17, 15) is 9.90 Å². The summed E-state index contributed by atoms with van der Waals surface area (Å²) in [6.45, 7) is 0. The van der Waals surface area contributed by atoms with Crippen LogP contribution in [0.25, 0.3) is 10.4 Å². The molecule has 0 aliphatic carbocycles. The van der Waals surface area contributed by atoms with Gasteiger partial charge in [-0.2, -0.15) is 0 Å². The molecule has 2 rings (SSSR count). The lowest BCUT2D eigenvalue weighted by molar-refractivity contribution is 0.0697. The fraction of sp³-hybridized carbons (Fsp3) is 0.0833. The van der Waals surface area contributed by atoms with Crippen LogP contribution in [0.4, 0.5) is 0 Å². The fourth-order valence-corrected chi connectivity index (χ4v) is 2.71.